The van der Waals surface area contributed by atoms with Gasteiger partial charge in [-0.2, -0.15) is 0 Å². The van der Waals surface area contributed by atoms with Crippen molar-refractivity contribution in [2.24, 2.45) is 0 Å². The van der Waals surface area contributed by atoms with E-state index >= 15 is 0 Å². The SMILES string of the molecule is C/C=C\N1CCN(C(=O)CN(CCCCCCCCC)CCN(CCCCCCCCC)CCCCCCCCC)CC1. The molecule has 1 aliphatic heterocycles. The molecule has 43 heavy (non-hydrogen) atoms. The third kappa shape index (κ3) is 23.0. The van der Waals surface area contributed by atoms with E-state index in [1.165, 1.54) is 148 Å². The molecule has 5 heteroatoms. The number of rotatable bonds is 30. The Morgan fingerprint density at radius 2 is 0.884 bits per heavy atom. The van der Waals surface area contributed by atoms with Crippen molar-refractivity contribution in [3.63, 3.8) is 0 Å². The molecular weight excluding hydrogens is 528 g/mol. The Labute approximate surface area is 270 Å². The lowest BCUT2D eigenvalue weighted by Gasteiger charge is -2.35. The second-order valence-electron chi connectivity index (χ2n) is 13.4. The van der Waals surface area contributed by atoms with Crippen molar-refractivity contribution < 1.29 is 4.79 Å². The Kier molecular flexibility index (Phi) is 27.5. The summed E-state index contributed by atoms with van der Waals surface area (Å²) < 4.78 is 0. The molecule has 0 spiro atoms. The van der Waals surface area contributed by atoms with Crippen LogP contribution in [0.5, 0.6) is 0 Å². The van der Waals surface area contributed by atoms with Gasteiger partial charge in [-0.25, -0.2) is 0 Å². The number of nitrogens with zero attached hydrogens (tertiary/aromatic N) is 4. The summed E-state index contributed by atoms with van der Waals surface area (Å²) in [6, 6.07) is 0. The Bertz CT molecular complexity index is 613. The summed E-state index contributed by atoms with van der Waals surface area (Å²) >= 11 is 0. The Balaban J connectivity index is 2.61. The van der Waals surface area contributed by atoms with E-state index in [1.807, 2.05) is 0 Å². The molecule has 0 aromatic heterocycles. The van der Waals surface area contributed by atoms with Gasteiger partial charge >= 0.3 is 0 Å². The van der Waals surface area contributed by atoms with E-state index in [0.29, 0.717) is 12.5 Å². The van der Waals surface area contributed by atoms with Gasteiger partial charge in [0.2, 0.25) is 5.91 Å². The zero-order valence-corrected chi connectivity index (χ0v) is 29.8. The molecule has 0 unspecified atom stereocenters. The van der Waals surface area contributed by atoms with Crippen LogP contribution in [-0.4, -0.2) is 91.0 Å². The van der Waals surface area contributed by atoms with Gasteiger partial charge in [0.1, 0.15) is 0 Å². The van der Waals surface area contributed by atoms with Crippen molar-refractivity contribution in [1.82, 2.24) is 19.6 Å². The van der Waals surface area contributed by atoms with Gasteiger partial charge in [0.05, 0.1) is 6.54 Å². The highest BCUT2D eigenvalue weighted by Crippen LogP contribution is 2.12. The number of piperazine rings is 1. The predicted octanol–water partition coefficient (Wildman–Crippen LogP) is 9.52. The number of unbranched alkanes of at least 4 members (excludes halogenated alkanes) is 18. The Morgan fingerprint density at radius 1 is 0.512 bits per heavy atom. The molecular formula is C38H76N4O. The minimum atomic E-state index is 0.341. The van der Waals surface area contributed by atoms with Crippen LogP contribution in [0.4, 0.5) is 0 Å². The summed E-state index contributed by atoms with van der Waals surface area (Å²) in [4.78, 5) is 23.1. The smallest absolute Gasteiger partial charge is 0.236 e. The van der Waals surface area contributed by atoms with Crippen LogP contribution >= 0.6 is 0 Å². The zero-order valence-electron chi connectivity index (χ0n) is 29.8. The van der Waals surface area contributed by atoms with Gasteiger partial charge in [0.15, 0.2) is 0 Å². The molecule has 5 nitrogen and oxygen atoms in total. The van der Waals surface area contributed by atoms with Crippen LogP contribution in [0.2, 0.25) is 0 Å². The quantitative estimate of drug-likeness (QED) is 0.0764. The van der Waals surface area contributed by atoms with Gasteiger partial charge in [0.25, 0.3) is 0 Å². The average Bonchev–Trinajstić information content (AvgIpc) is 3.02. The number of hydrogen-bond donors (Lipinski definition) is 0. The van der Waals surface area contributed by atoms with Crippen molar-refractivity contribution in [3.05, 3.63) is 12.3 Å². The molecule has 1 rings (SSSR count). The first-order valence-corrected chi connectivity index (χ1v) is 19.2. The maximum absolute atomic E-state index is 13.4. The van der Waals surface area contributed by atoms with Crippen molar-refractivity contribution in [2.75, 3.05) is 65.4 Å². The highest BCUT2D eigenvalue weighted by atomic mass is 16.2. The van der Waals surface area contributed by atoms with E-state index in [4.69, 9.17) is 0 Å². The van der Waals surface area contributed by atoms with Crippen LogP contribution < -0.4 is 0 Å². The topological polar surface area (TPSA) is 30.0 Å². The second kappa shape index (κ2) is 29.6. The van der Waals surface area contributed by atoms with E-state index < -0.39 is 0 Å². The van der Waals surface area contributed by atoms with Crippen LogP contribution in [0.3, 0.4) is 0 Å². The van der Waals surface area contributed by atoms with Crippen LogP contribution in [-0.2, 0) is 4.79 Å². The normalized spacial score (nSPS) is 14.2. The highest BCUT2D eigenvalue weighted by molar-refractivity contribution is 5.78. The number of carbonyl (C=O) groups excluding carboxylic acids is 1. The first-order chi connectivity index (χ1) is 21.1. The molecule has 0 aromatic rings. The van der Waals surface area contributed by atoms with Crippen molar-refractivity contribution in [3.8, 4) is 0 Å². The van der Waals surface area contributed by atoms with E-state index in [0.717, 1.165) is 45.8 Å². The van der Waals surface area contributed by atoms with Crippen molar-refractivity contribution in [2.45, 2.75) is 163 Å². The Morgan fingerprint density at radius 3 is 1.30 bits per heavy atom. The molecule has 0 atom stereocenters. The minimum Gasteiger partial charge on any atom is -0.374 e. The summed E-state index contributed by atoms with van der Waals surface area (Å²) in [7, 11) is 0. The van der Waals surface area contributed by atoms with Gasteiger partial charge in [-0.05, 0) is 52.0 Å². The monoisotopic (exact) mass is 605 g/mol. The molecule has 1 amide bonds. The van der Waals surface area contributed by atoms with E-state index in [-0.39, 0.29) is 0 Å². The van der Waals surface area contributed by atoms with Crippen LogP contribution in [0, 0.1) is 0 Å². The van der Waals surface area contributed by atoms with Crippen LogP contribution in [0.15, 0.2) is 12.3 Å². The molecule has 1 saturated heterocycles. The number of amides is 1. The minimum absolute atomic E-state index is 0.341. The predicted molar refractivity (Wildman–Crippen MR) is 190 cm³/mol. The first kappa shape index (κ1) is 40.0. The lowest BCUT2D eigenvalue weighted by molar-refractivity contribution is -0.133. The third-order valence-electron chi connectivity index (χ3n) is 9.35. The molecule has 0 radical (unpaired) electrons. The lowest BCUT2D eigenvalue weighted by atomic mass is 10.1. The molecule has 1 fully saturated rings. The van der Waals surface area contributed by atoms with Crippen LogP contribution in [0.25, 0.3) is 0 Å². The zero-order chi connectivity index (χ0) is 31.2. The summed E-state index contributed by atoms with van der Waals surface area (Å²) in [5.74, 6) is 0.341. The summed E-state index contributed by atoms with van der Waals surface area (Å²) in [5, 5.41) is 0. The number of carbonyl (C=O) groups is 1. The van der Waals surface area contributed by atoms with Crippen molar-refractivity contribution in [1.29, 1.82) is 0 Å². The molecule has 0 saturated carbocycles. The third-order valence-corrected chi connectivity index (χ3v) is 9.35. The van der Waals surface area contributed by atoms with Gasteiger partial charge in [-0.3, -0.25) is 9.69 Å². The molecule has 0 bridgehead atoms. The van der Waals surface area contributed by atoms with Gasteiger partial charge in [-0.1, -0.05) is 142 Å². The molecule has 1 heterocycles. The fraction of sp³-hybridized carbons (Fsp3) is 0.921. The van der Waals surface area contributed by atoms with E-state index in [2.05, 4.69) is 59.6 Å². The lowest BCUT2D eigenvalue weighted by Crippen LogP contribution is -2.50. The Hall–Kier alpha value is -1.07. The second-order valence-corrected chi connectivity index (χ2v) is 13.4. The maximum Gasteiger partial charge on any atom is 0.236 e. The van der Waals surface area contributed by atoms with Gasteiger partial charge in [0, 0.05) is 39.3 Å². The molecule has 0 N–H and O–H groups in total. The first-order valence-electron chi connectivity index (χ1n) is 19.2. The highest BCUT2D eigenvalue weighted by Gasteiger charge is 2.22. The van der Waals surface area contributed by atoms with E-state index in [1.54, 1.807) is 0 Å². The molecule has 254 valence electrons. The van der Waals surface area contributed by atoms with Crippen molar-refractivity contribution >= 4 is 5.91 Å². The standard InChI is InChI=1S/C38H76N4O/c1-5-9-12-15-18-21-24-28-40(29-25-22-19-16-13-10-6-2)31-32-41(30-26-23-20-17-14-11-7-3)37-38(43)42-35-33-39(27-8-4)34-36-42/h8,27H,5-7,9-26,28-37H2,1-4H3/b27-8-. The van der Waals surface area contributed by atoms with Crippen LogP contribution in [0.1, 0.15) is 163 Å². The van der Waals surface area contributed by atoms with E-state index in [9.17, 15) is 4.79 Å². The van der Waals surface area contributed by atoms with Gasteiger partial charge in [-0.15, -0.1) is 0 Å². The van der Waals surface area contributed by atoms with Gasteiger partial charge < -0.3 is 14.7 Å². The largest absolute Gasteiger partial charge is 0.374 e. The summed E-state index contributed by atoms with van der Waals surface area (Å²) in [6.45, 7) is 18.9. The molecule has 0 aromatic carbocycles. The summed E-state index contributed by atoms with van der Waals surface area (Å²) in [6.07, 6.45) is 32.8. The fourth-order valence-corrected chi connectivity index (χ4v) is 6.39. The number of hydrogen-bond acceptors (Lipinski definition) is 4. The molecule has 1 aliphatic rings. The molecule has 0 aliphatic carbocycles. The summed E-state index contributed by atoms with van der Waals surface area (Å²) in [5.41, 5.74) is 0. The maximum atomic E-state index is 13.4. The number of allylic oxidation sites excluding steroid dienone is 1. The average molecular weight is 605 g/mol. The fourth-order valence-electron chi connectivity index (χ4n) is 6.39.